The molecule has 2 fully saturated rings. The van der Waals surface area contributed by atoms with Crippen molar-refractivity contribution in [1.29, 1.82) is 0 Å². The van der Waals surface area contributed by atoms with E-state index in [2.05, 4.69) is 16.9 Å². The highest BCUT2D eigenvalue weighted by Gasteiger charge is 2.40. The third-order valence-electron chi connectivity index (χ3n) is 6.92. The first kappa shape index (κ1) is 24.9. The molecule has 2 amide bonds. The summed E-state index contributed by atoms with van der Waals surface area (Å²) in [5, 5.41) is 3.59. The summed E-state index contributed by atoms with van der Waals surface area (Å²) in [4.78, 5) is 36.7. The lowest BCUT2D eigenvalue weighted by Gasteiger charge is -2.42. The van der Waals surface area contributed by atoms with Crippen molar-refractivity contribution < 1.29 is 14.3 Å². The van der Waals surface area contributed by atoms with E-state index in [0.29, 0.717) is 37.6 Å². The summed E-state index contributed by atoms with van der Waals surface area (Å²) >= 11 is 7.57. The lowest BCUT2D eigenvalue weighted by molar-refractivity contribution is -0.138. The maximum atomic E-state index is 13.2. The van der Waals surface area contributed by atoms with Crippen LogP contribution in [-0.2, 0) is 16.0 Å². The maximum Gasteiger partial charge on any atom is 0.228 e. The van der Waals surface area contributed by atoms with Crippen molar-refractivity contribution in [3.63, 3.8) is 0 Å². The number of hydrogen-bond acceptors (Lipinski definition) is 6. The number of piperazine rings is 1. The Morgan fingerprint density at radius 1 is 1.03 bits per heavy atom. The number of amides is 2. The summed E-state index contributed by atoms with van der Waals surface area (Å²) in [6.45, 7) is 6.98. The van der Waals surface area contributed by atoms with Gasteiger partial charge in [0, 0.05) is 61.5 Å². The molecule has 1 aromatic carbocycles. The molecule has 0 saturated carbocycles. The largest absolute Gasteiger partial charge is 0.493 e. The lowest BCUT2D eigenvalue weighted by atomic mass is 9.75. The quantitative estimate of drug-likeness (QED) is 0.577. The number of aromatic nitrogens is 1. The van der Waals surface area contributed by atoms with Crippen LogP contribution in [0, 0.1) is 12.3 Å². The minimum absolute atomic E-state index is 0.0999. The standard InChI is InChI=1S/C25H33ClN4O3S/c1-19-27-21(17-34-19)15-23(31)29-9-7-25(8-10-29,18-33-22-5-3-20(26)4-6-22)16-24(32)30-13-11-28(2)12-14-30/h3-6,17H,7-16,18H2,1-2H3. The number of likely N-dealkylation sites (tertiary alicyclic amines) is 1. The van der Waals surface area contributed by atoms with Gasteiger partial charge in [-0.3, -0.25) is 9.59 Å². The van der Waals surface area contributed by atoms with E-state index in [1.54, 1.807) is 23.5 Å². The normalized spacial score (nSPS) is 18.7. The molecular formula is C25H33ClN4O3S. The van der Waals surface area contributed by atoms with E-state index in [-0.39, 0.29) is 17.2 Å². The molecule has 184 valence electrons. The van der Waals surface area contributed by atoms with Crippen molar-refractivity contribution in [2.75, 3.05) is 52.9 Å². The SMILES string of the molecule is Cc1nc(CC(=O)N2CCC(COc3ccc(Cl)cc3)(CC(=O)N3CCN(C)CC3)CC2)cs1. The Labute approximate surface area is 210 Å². The van der Waals surface area contributed by atoms with Gasteiger partial charge in [-0.05, 0) is 51.1 Å². The van der Waals surface area contributed by atoms with Crippen LogP contribution in [0.3, 0.4) is 0 Å². The Balaban J connectivity index is 1.40. The van der Waals surface area contributed by atoms with Crippen LogP contribution in [0.15, 0.2) is 29.6 Å². The topological polar surface area (TPSA) is 66.0 Å². The van der Waals surface area contributed by atoms with Crippen molar-refractivity contribution in [3.05, 3.63) is 45.4 Å². The molecule has 0 unspecified atom stereocenters. The highest BCUT2D eigenvalue weighted by atomic mass is 35.5. The number of carbonyl (C=O) groups is 2. The van der Waals surface area contributed by atoms with Crippen LogP contribution in [0.1, 0.15) is 30.0 Å². The van der Waals surface area contributed by atoms with Gasteiger partial charge in [-0.1, -0.05) is 11.6 Å². The summed E-state index contributed by atoms with van der Waals surface area (Å²) in [6.07, 6.45) is 2.25. The number of nitrogens with zero attached hydrogens (tertiary/aromatic N) is 4. The van der Waals surface area contributed by atoms with Crippen molar-refractivity contribution >= 4 is 34.8 Å². The van der Waals surface area contributed by atoms with Crippen LogP contribution < -0.4 is 4.74 Å². The van der Waals surface area contributed by atoms with Crippen molar-refractivity contribution in [3.8, 4) is 5.75 Å². The molecule has 2 aliphatic rings. The number of hydrogen-bond donors (Lipinski definition) is 0. The average molecular weight is 505 g/mol. The predicted molar refractivity (Wildman–Crippen MR) is 134 cm³/mol. The lowest BCUT2D eigenvalue weighted by Crippen LogP contribution is -2.51. The van der Waals surface area contributed by atoms with Gasteiger partial charge < -0.3 is 19.4 Å². The fourth-order valence-electron chi connectivity index (χ4n) is 4.61. The first-order chi connectivity index (χ1) is 16.3. The average Bonchev–Trinajstić information content (AvgIpc) is 3.24. The highest BCUT2D eigenvalue weighted by molar-refractivity contribution is 7.09. The summed E-state index contributed by atoms with van der Waals surface area (Å²) < 4.78 is 6.15. The smallest absolute Gasteiger partial charge is 0.228 e. The Morgan fingerprint density at radius 2 is 1.68 bits per heavy atom. The number of halogens is 1. The monoisotopic (exact) mass is 504 g/mol. The molecule has 1 aromatic heterocycles. The zero-order valence-electron chi connectivity index (χ0n) is 20.0. The van der Waals surface area contributed by atoms with Gasteiger partial charge in [-0.25, -0.2) is 4.98 Å². The molecule has 0 atom stereocenters. The molecule has 34 heavy (non-hydrogen) atoms. The van der Waals surface area contributed by atoms with Gasteiger partial charge in [-0.2, -0.15) is 0 Å². The number of piperidine rings is 1. The maximum absolute atomic E-state index is 13.2. The second-order valence-corrected chi connectivity index (χ2v) is 11.0. The fraction of sp³-hybridized carbons (Fsp3) is 0.560. The van der Waals surface area contributed by atoms with E-state index >= 15 is 0 Å². The summed E-state index contributed by atoms with van der Waals surface area (Å²) in [7, 11) is 2.09. The summed E-state index contributed by atoms with van der Waals surface area (Å²) in [5.74, 6) is 1.03. The van der Waals surface area contributed by atoms with E-state index in [9.17, 15) is 9.59 Å². The molecule has 7 nitrogen and oxygen atoms in total. The second kappa shape index (κ2) is 11.1. The van der Waals surface area contributed by atoms with Gasteiger partial charge in [0.15, 0.2) is 0 Å². The molecule has 0 radical (unpaired) electrons. The molecule has 2 saturated heterocycles. The van der Waals surface area contributed by atoms with Crippen LogP contribution in [0.5, 0.6) is 5.75 Å². The molecule has 0 bridgehead atoms. The number of benzene rings is 1. The first-order valence-electron chi connectivity index (χ1n) is 11.9. The second-order valence-electron chi connectivity index (χ2n) is 9.52. The van der Waals surface area contributed by atoms with Crippen LogP contribution in [-0.4, -0.2) is 84.4 Å². The van der Waals surface area contributed by atoms with Gasteiger partial charge >= 0.3 is 0 Å². The van der Waals surface area contributed by atoms with Gasteiger partial charge in [0.2, 0.25) is 11.8 Å². The predicted octanol–water partition coefficient (Wildman–Crippen LogP) is 3.50. The molecule has 0 N–H and O–H groups in total. The molecule has 9 heteroatoms. The van der Waals surface area contributed by atoms with E-state index in [1.165, 1.54) is 0 Å². The minimum Gasteiger partial charge on any atom is -0.493 e. The number of carbonyl (C=O) groups excluding carboxylic acids is 2. The van der Waals surface area contributed by atoms with Crippen molar-refractivity contribution in [2.45, 2.75) is 32.6 Å². The molecule has 3 heterocycles. The van der Waals surface area contributed by atoms with Crippen molar-refractivity contribution in [2.24, 2.45) is 5.41 Å². The Morgan fingerprint density at radius 3 is 2.29 bits per heavy atom. The molecule has 2 aliphatic heterocycles. The van der Waals surface area contributed by atoms with Crippen LogP contribution in [0.2, 0.25) is 5.02 Å². The molecule has 0 aliphatic carbocycles. The van der Waals surface area contributed by atoms with Crippen LogP contribution in [0.4, 0.5) is 0 Å². The minimum atomic E-state index is -0.298. The van der Waals surface area contributed by atoms with Crippen LogP contribution in [0.25, 0.3) is 0 Å². The third-order valence-corrected chi connectivity index (χ3v) is 7.99. The fourth-order valence-corrected chi connectivity index (χ4v) is 5.35. The molecular weight excluding hydrogens is 472 g/mol. The summed E-state index contributed by atoms with van der Waals surface area (Å²) in [6, 6.07) is 7.32. The number of rotatable bonds is 7. The Bertz CT molecular complexity index is 980. The van der Waals surface area contributed by atoms with Crippen molar-refractivity contribution in [1.82, 2.24) is 19.7 Å². The summed E-state index contributed by atoms with van der Waals surface area (Å²) in [5.41, 5.74) is 0.536. The number of ether oxygens (including phenoxy) is 1. The highest BCUT2D eigenvalue weighted by Crippen LogP contribution is 2.37. The zero-order valence-corrected chi connectivity index (χ0v) is 21.5. The number of likely N-dealkylation sites (N-methyl/N-ethyl adjacent to an activating group) is 1. The third kappa shape index (κ3) is 6.49. The van der Waals surface area contributed by atoms with E-state index in [1.807, 2.05) is 34.2 Å². The Hall–Kier alpha value is -2.16. The van der Waals surface area contributed by atoms with E-state index in [0.717, 1.165) is 55.5 Å². The van der Waals surface area contributed by atoms with Gasteiger partial charge in [-0.15, -0.1) is 11.3 Å². The molecule has 4 rings (SSSR count). The van der Waals surface area contributed by atoms with Gasteiger partial charge in [0.05, 0.1) is 23.7 Å². The van der Waals surface area contributed by atoms with Gasteiger partial charge in [0.1, 0.15) is 5.75 Å². The number of thiazole rings is 1. The zero-order chi connectivity index (χ0) is 24.1. The molecule has 0 spiro atoms. The van der Waals surface area contributed by atoms with Gasteiger partial charge in [0.25, 0.3) is 0 Å². The first-order valence-corrected chi connectivity index (χ1v) is 13.1. The van der Waals surface area contributed by atoms with Crippen LogP contribution >= 0.6 is 22.9 Å². The Kier molecular flexibility index (Phi) is 8.11. The molecule has 2 aromatic rings. The van der Waals surface area contributed by atoms with E-state index < -0.39 is 0 Å². The number of aryl methyl sites for hydroxylation is 1. The van der Waals surface area contributed by atoms with E-state index in [4.69, 9.17) is 16.3 Å².